The van der Waals surface area contributed by atoms with Gasteiger partial charge in [-0.25, -0.2) is 5.01 Å². The number of aryl methyl sites for hydroxylation is 1. The first kappa shape index (κ1) is 15.8. The van der Waals surface area contributed by atoms with Crippen LogP contribution >= 0.6 is 0 Å². The highest BCUT2D eigenvalue weighted by atomic mass is 15.5. The number of allylic oxidation sites excluding steroid dienone is 1. The summed E-state index contributed by atoms with van der Waals surface area (Å²) in [4.78, 5) is 0. The SMILES string of the molecule is Cc1ccc(/C=C/C=N/N(c2ccccc2)c2ccccc2)cc1. The fourth-order valence-electron chi connectivity index (χ4n) is 2.36. The minimum atomic E-state index is 1.03. The largest absolute Gasteiger partial charge is 0.234 e. The van der Waals surface area contributed by atoms with Gasteiger partial charge in [0.15, 0.2) is 0 Å². The van der Waals surface area contributed by atoms with Crippen LogP contribution in [0.3, 0.4) is 0 Å². The quantitative estimate of drug-likeness (QED) is 0.427. The summed E-state index contributed by atoms with van der Waals surface area (Å²) < 4.78 is 0. The fourth-order valence-corrected chi connectivity index (χ4v) is 2.36. The Labute approximate surface area is 143 Å². The van der Waals surface area contributed by atoms with Gasteiger partial charge in [0.25, 0.3) is 0 Å². The van der Waals surface area contributed by atoms with Crippen LogP contribution in [0.5, 0.6) is 0 Å². The third-order valence-corrected chi connectivity index (χ3v) is 3.64. The lowest BCUT2D eigenvalue weighted by Crippen LogP contribution is -2.08. The van der Waals surface area contributed by atoms with Crippen molar-refractivity contribution >= 4 is 23.7 Å². The van der Waals surface area contributed by atoms with Crippen LogP contribution in [0.25, 0.3) is 6.08 Å². The van der Waals surface area contributed by atoms with Crippen molar-refractivity contribution in [3.05, 3.63) is 102 Å². The van der Waals surface area contributed by atoms with Crippen LogP contribution in [0.15, 0.2) is 96.1 Å². The molecule has 118 valence electrons. The van der Waals surface area contributed by atoms with Crippen molar-refractivity contribution < 1.29 is 0 Å². The molecule has 0 spiro atoms. The summed E-state index contributed by atoms with van der Waals surface area (Å²) in [6.45, 7) is 2.09. The van der Waals surface area contributed by atoms with E-state index in [1.54, 1.807) is 0 Å². The molecule has 0 aromatic heterocycles. The molecule has 0 radical (unpaired) electrons. The second kappa shape index (κ2) is 7.93. The first-order chi connectivity index (χ1) is 11.8. The smallest absolute Gasteiger partial charge is 0.0652 e. The summed E-state index contributed by atoms with van der Waals surface area (Å²) in [5.41, 5.74) is 4.49. The van der Waals surface area contributed by atoms with E-state index in [1.165, 1.54) is 5.56 Å². The lowest BCUT2D eigenvalue weighted by atomic mass is 10.1. The van der Waals surface area contributed by atoms with E-state index in [1.807, 2.05) is 78.0 Å². The van der Waals surface area contributed by atoms with Crippen molar-refractivity contribution in [1.29, 1.82) is 0 Å². The summed E-state index contributed by atoms with van der Waals surface area (Å²) in [5, 5.41) is 6.55. The Hall–Kier alpha value is -3.13. The highest BCUT2D eigenvalue weighted by molar-refractivity contribution is 5.80. The third-order valence-electron chi connectivity index (χ3n) is 3.64. The number of rotatable bonds is 5. The second-order valence-corrected chi connectivity index (χ2v) is 5.52. The lowest BCUT2D eigenvalue weighted by Gasteiger charge is -2.18. The van der Waals surface area contributed by atoms with Gasteiger partial charge >= 0.3 is 0 Å². The van der Waals surface area contributed by atoms with E-state index in [-0.39, 0.29) is 0 Å². The lowest BCUT2D eigenvalue weighted by molar-refractivity contribution is 1.09. The van der Waals surface area contributed by atoms with Crippen LogP contribution < -0.4 is 5.01 Å². The van der Waals surface area contributed by atoms with E-state index in [2.05, 4.69) is 42.4 Å². The molecule has 2 heteroatoms. The molecule has 0 aliphatic carbocycles. The molecule has 0 saturated heterocycles. The van der Waals surface area contributed by atoms with Gasteiger partial charge in [-0.05, 0) is 42.8 Å². The molecule has 0 N–H and O–H groups in total. The van der Waals surface area contributed by atoms with Gasteiger partial charge in [-0.1, -0.05) is 72.3 Å². The maximum atomic E-state index is 4.62. The number of hydrazone groups is 1. The predicted molar refractivity (Wildman–Crippen MR) is 104 cm³/mol. The zero-order valence-electron chi connectivity index (χ0n) is 13.7. The highest BCUT2D eigenvalue weighted by Crippen LogP contribution is 2.24. The number of hydrogen-bond donors (Lipinski definition) is 0. The molecule has 2 nitrogen and oxygen atoms in total. The topological polar surface area (TPSA) is 15.6 Å². The van der Waals surface area contributed by atoms with Crippen LogP contribution in [0.4, 0.5) is 11.4 Å². The number of anilines is 2. The van der Waals surface area contributed by atoms with Gasteiger partial charge in [0, 0.05) is 6.21 Å². The van der Waals surface area contributed by atoms with Gasteiger partial charge in [-0.15, -0.1) is 0 Å². The Morgan fingerprint density at radius 2 is 1.25 bits per heavy atom. The van der Waals surface area contributed by atoms with E-state index < -0.39 is 0 Å². The number of hydrogen-bond acceptors (Lipinski definition) is 2. The molecule has 0 unspecified atom stereocenters. The summed E-state index contributed by atoms with van der Waals surface area (Å²) >= 11 is 0. The zero-order chi connectivity index (χ0) is 16.6. The van der Waals surface area contributed by atoms with Crippen LogP contribution in [0.2, 0.25) is 0 Å². The highest BCUT2D eigenvalue weighted by Gasteiger charge is 2.05. The van der Waals surface area contributed by atoms with E-state index >= 15 is 0 Å². The summed E-state index contributed by atoms with van der Waals surface area (Å²) in [6.07, 6.45) is 5.83. The third kappa shape index (κ3) is 4.20. The van der Waals surface area contributed by atoms with Gasteiger partial charge in [0.2, 0.25) is 0 Å². The Morgan fingerprint density at radius 3 is 1.79 bits per heavy atom. The predicted octanol–water partition coefficient (Wildman–Crippen LogP) is 5.83. The van der Waals surface area contributed by atoms with Crippen LogP contribution in [0.1, 0.15) is 11.1 Å². The zero-order valence-corrected chi connectivity index (χ0v) is 13.7. The van der Waals surface area contributed by atoms with E-state index in [0.29, 0.717) is 0 Å². The molecular weight excluding hydrogens is 292 g/mol. The second-order valence-electron chi connectivity index (χ2n) is 5.52. The standard InChI is InChI=1S/C22H20N2/c1-19-14-16-20(17-15-19)9-8-18-23-24(21-10-4-2-5-11-21)22-12-6-3-7-13-22/h2-18H,1H3/b9-8+,23-18+. The molecule has 3 rings (SSSR count). The van der Waals surface area contributed by atoms with Crippen LogP contribution in [0, 0.1) is 6.92 Å². The molecule has 0 bridgehead atoms. The van der Waals surface area contributed by atoms with Crippen molar-refractivity contribution in [2.75, 3.05) is 5.01 Å². The van der Waals surface area contributed by atoms with Crippen LogP contribution in [-0.2, 0) is 0 Å². The molecular formula is C22H20N2. The molecule has 3 aromatic rings. The fraction of sp³-hybridized carbons (Fsp3) is 0.0455. The summed E-state index contributed by atoms with van der Waals surface area (Å²) in [5.74, 6) is 0. The molecule has 3 aromatic carbocycles. The Balaban J connectivity index is 1.80. The first-order valence-corrected chi connectivity index (χ1v) is 8.00. The van der Waals surface area contributed by atoms with Gasteiger partial charge in [-0.2, -0.15) is 5.10 Å². The molecule has 0 atom stereocenters. The van der Waals surface area contributed by atoms with Gasteiger partial charge in [-0.3, -0.25) is 0 Å². The van der Waals surface area contributed by atoms with Crippen molar-refractivity contribution in [2.45, 2.75) is 6.92 Å². The van der Waals surface area contributed by atoms with Crippen molar-refractivity contribution in [2.24, 2.45) is 5.10 Å². The number of para-hydroxylation sites is 2. The number of nitrogens with zero attached hydrogens (tertiary/aromatic N) is 2. The van der Waals surface area contributed by atoms with Crippen molar-refractivity contribution in [3.63, 3.8) is 0 Å². The summed E-state index contributed by atoms with van der Waals surface area (Å²) in [6, 6.07) is 28.7. The molecule has 0 amide bonds. The molecule has 0 aliphatic heterocycles. The number of benzene rings is 3. The molecule has 0 aliphatic rings. The van der Waals surface area contributed by atoms with E-state index in [0.717, 1.165) is 16.9 Å². The monoisotopic (exact) mass is 312 g/mol. The van der Waals surface area contributed by atoms with Gasteiger partial charge in [0.05, 0.1) is 11.4 Å². The minimum Gasteiger partial charge on any atom is -0.234 e. The molecule has 0 saturated carbocycles. The molecule has 24 heavy (non-hydrogen) atoms. The first-order valence-electron chi connectivity index (χ1n) is 8.00. The average molecular weight is 312 g/mol. The Bertz CT molecular complexity index is 764. The Kier molecular flexibility index (Phi) is 5.21. The molecule has 0 heterocycles. The Morgan fingerprint density at radius 1 is 0.708 bits per heavy atom. The van der Waals surface area contributed by atoms with Gasteiger partial charge < -0.3 is 0 Å². The van der Waals surface area contributed by atoms with Crippen molar-refractivity contribution in [3.8, 4) is 0 Å². The summed E-state index contributed by atoms with van der Waals surface area (Å²) in [7, 11) is 0. The minimum absolute atomic E-state index is 1.03. The van der Waals surface area contributed by atoms with Crippen LogP contribution in [-0.4, -0.2) is 6.21 Å². The normalized spacial score (nSPS) is 11.2. The van der Waals surface area contributed by atoms with Crippen molar-refractivity contribution in [1.82, 2.24) is 0 Å². The van der Waals surface area contributed by atoms with Gasteiger partial charge in [0.1, 0.15) is 0 Å². The maximum Gasteiger partial charge on any atom is 0.0652 e. The maximum absolute atomic E-state index is 4.62. The van der Waals surface area contributed by atoms with E-state index in [9.17, 15) is 0 Å². The average Bonchev–Trinajstić information content (AvgIpc) is 2.65. The molecule has 0 fully saturated rings. The van der Waals surface area contributed by atoms with E-state index in [4.69, 9.17) is 0 Å².